The molecule has 0 spiro atoms. The number of methoxy groups -OCH3 is 1. The third-order valence-corrected chi connectivity index (χ3v) is 3.54. The molecule has 1 aromatic rings. The highest BCUT2D eigenvalue weighted by Crippen LogP contribution is 2.27. The number of likely N-dealkylation sites (N-methyl/N-ethyl adjacent to an activating group) is 1. The van der Waals surface area contributed by atoms with Gasteiger partial charge in [0.1, 0.15) is 4.88 Å². The van der Waals surface area contributed by atoms with Gasteiger partial charge in [0, 0.05) is 20.7 Å². The Bertz CT molecular complexity index is 425. The van der Waals surface area contributed by atoms with E-state index in [2.05, 4.69) is 10.3 Å². The van der Waals surface area contributed by atoms with Gasteiger partial charge in [-0.1, -0.05) is 22.9 Å². The maximum Gasteiger partial charge on any atom is 0.239 e. The number of anilines is 1. The third kappa shape index (κ3) is 4.25. The molecule has 1 aromatic heterocycles. The lowest BCUT2D eigenvalue weighted by molar-refractivity contribution is -0.119. The quantitative estimate of drug-likeness (QED) is 0.594. The van der Waals surface area contributed by atoms with Crippen molar-refractivity contribution in [1.82, 2.24) is 10.3 Å². The zero-order valence-corrected chi connectivity index (χ0v) is 11.7. The van der Waals surface area contributed by atoms with E-state index in [-0.39, 0.29) is 17.6 Å². The molecule has 1 rings (SSSR count). The molecule has 1 amide bonds. The van der Waals surface area contributed by atoms with Crippen molar-refractivity contribution in [3.8, 4) is 0 Å². The molecule has 1 N–H and O–H groups in total. The summed E-state index contributed by atoms with van der Waals surface area (Å²) in [5, 5.41) is 3.38. The third-order valence-electron chi connectivity index (χ3n) is 2.04. The first kappa shape index (κ1) is 14.9. The minimum atomic E-state index is -0.145. The molecular formula is C10H14ClN3O3S. The van der Waals surface area contributed by atoms with Gasteiger partial charge < -0.3 is 15.0 Å². The van der Waals surface area contributed by atoms with Crippen molar-refractivity contribution in [3.63, 3.8) is 0 Å². The minimum Gasteiger partial charge on any atom is -0.383 e. The predicted octanol–water partition coefficient (Wildman–Crippen LogP) is 0.808. The standard InChI is InChI=1S/C10H14ClN3O3S/c1-14(5-8(16)12-3-4-17-2)10-13-9(11)7(6-15)18-10/h6H,3-5H2,1-2H3,(H,12,16). The van der Waals surface area contributed by atoms with E-state index in [1.807, 2.05) is 0 Å². The van der Waals surface area contributed by atoms with Gasteiger partial charge in [-0.05, 0) is 0 Å². The molecule has 0 atom stereocenters. The van der Waals surface area contributed by atoms with Crippen LogP contribution in [0.3, 0.4) is 0 Å². The largest absolute Gasteiger partial charge is 0.383 e. The van der Waals surface area contributed by atoms with E-state index in [0.29, 0.717) is 29.4 Å². The molecular weight excluding hydrogens is 278 g/mol. The topological polar surface area (TPSA) is 71.5 Å². The Morgan fingerprint density at radius 3 is 2.94 bits per heavy atom. The molecule has 0 aliphatic rings. The van der Waals surface area contributed by atoms with E-state index >= 15 is 0 Å². The molecule has 0 saturated heterocycles. The monoisotopic (exact) mass is 291 g/mol. The summed E-state index contributed by atoms with van der Waals surface area (Å²) in [7, 11) is 3.27. The summed E-state index contributed by atoms with van der Waals surface area (Å²) in [4.78, 5) is 28.2. The van der Waals surface area contributed by atoms with Gasteiger partial charge in [0.05, 0.1) is 13.2 Å². The smallest absolute Gasteiger partial charge is 0.239 e. The van der Waals surface area contributed by atoms with E-state index < -0.39 is 0 Å². The van der Waals surface area contributed by atoms with Gasteiger partial charge >= 0.3 is 0 Å². The average molecular weight is 292 g/mol. The second-order valence-electron chi connectivity index (χ2n) is 3.47. The van der Waals surface area contributed by atoms with E-state index in [1.54, 1.807) is 19.1 Å². The number of nitrogens with zero attached hydrogens (tertiary/aromatic N) is 2. The van der Waals surface area contributed by atoms with Gasteiger partial charge in [-0.2, -0.15) is 0 Å². The number of ether oxygens (including phenoxy) is 1. The zero-order chi connectivity index (χ0) is 13.5. The number of amides is 1. The lowest BCUT2D eigenvalue weighted by Gasteiger charge is -2.14. The fraction of sp³-hybridized carbons (Fsp3) is 0.500. The highest BCUT2D eigenvalue weighted by Gasteiger charge is 2.14. The van der Waals surface area contributed by atoms with Crippen LogP contribution in [-0.4, -0.2) is 51.0 Å². The van der Waals surface area contributed by atoms with Gasteiger partial charge in [-0.15, -0.1) is 0 Å². The Balaban J connectivity index is 2.51. The Hall–Kier alpha value is -1.18. The summed E-state index contributed by atoms with van der Waals surface area (Å²) < 4.78 is 4.82. The van der Waals surface area contributed by atoms with Crippen molar-refractivity contribution in [2.45, 2.75) is 0 Å². The first-order chi connectivity index (χ1) is 8.58. The number of thiazole rings is 1. The Labute approximate surface area is 114 Å². The van der Waals surface area contributed by atoms with E-state index in [0.717, 1.165) is 11.3 Å². The maximum absolute atomic E-state index is 11.5. The number of halogens is 1. The van der Waals surface area contributed by atoms with Crippen molar-refractivity contribution in [2.75, 3.05) is 38.8 Å². The highest BCUT2D eigenvalue weighted by atomic mass is 35.5. The van der Waals surface area contributed by atoms with Gasteiger partial charge in [0.25, 0.3) is 0 Å². The lowest BCUT2D eigenvalue weighted by Crippen LogP contribution is -2.36. The number of carbonyl (C=O) groups is 2. The molecule has 100 valence electrons. The average Bonchev–Trinajstić information content (AvgIpc) is 2.71. The second kappa shape index (κ2) is 7.30. The van der Waals surface area contributed by atoms with Crippen LogP contribution < -0.4 is 10.2 Å². The summed E-state index contributed by atoms with van der Waals surface area (Å²) >= 11 is 6.90. The first-order valence-electron chi connectivity index (χ1n) is 5.16. The van der Waals surface area contributed by atoms with Gasteiger partial charge in [0.15, 0.2) is 16.6 Å². The molecule has 0 bridgehead atoms. The molecule has 0 fully saturated rings. The molecule has 6 nitrogen and oxygen atoms in total. The number of nitrogens with one attached hydrogen (secondary N) is 1. The van der Waals surface area contributed by atoms with Crippen LogP contribution in [0.2, 0.25) is 5.15 Å². The number of aromatic nitrogens is 1. The Kier molecular flexibility index (Phi) is 6.03. The fourth-order valence-electron chi connectivity index (χ4n) is 1.17. The van der Waals surface area contributed by atoms with E-state index in [4.69, 9.17) is 16.3 Å². The van der Waals surface area contributed by atoms with Gasteiger partial charge in [0.2, 0.25) is 5.91 Å². The molecule has 1 heterocycles. The van der Waals surface area contributed by atoms with Crippen LogP contribution in [0.1, 0.15) is 9.67 Å². The first-order valence-corrected chi connectivity index (χ1v) is 6.36. The normalized spacial score (nSPS) is 10.2. The lowest BCUT2D eigenvalue weighted by atomic mass is 10.5. The van der Waals surface area contributed by atoms with Crippen LogP contribution in [0.15, 0.2) is 0 Å². The zero-order valence-electron chi connectivity index (χ0n) is 10.1. The SMILES string of the molecule is COCCNC(=O)CN(C)c1nc(Cl)c(C=O)s1. The summed E-state index contributed by atoms with van der Waals surface area (Å²) in [6.45, 7) is 1.07. The highest BCUT2D eigenvalue weighted by molar-refractivity contribution is 7.17. The van der Waals surface area contributed by atoms with Crippen LogP contribution in [0.25, 0.3) is 0 Å². The molecule has 0 unspecified atom stereocenters. The van der Waals surface area contributed by atoms with Crippen LogP contribution in [0.4, 0.5) is 5.13 Å². The summed E-state index contributed by atoms with van der Waals surface area (Å²) in [6, 6.07) is 0. The number of rotatable bonds is 7. The summed E-state index contributed by atoms with van der Waals surface area (Å²) in [5.41, 5.74) is 0. The van der Waals surface area contributed by atoms with Gasteiger partial charge in [-0.3, -0.25) is 9.59 Å². The van der Waals surface area contributed by atoms with Crippen molar-refractivity contribution in [3.05, 3.63) is 10.0 Å². The molecule has 18 heavy (non-hydrogen) atoms. The molecule has 0 aliphatic heterocycles. The Morgan fingerprint density at radius 1 is 1.67 bits per heavy atom. The van der Waals surface area contributed by atoms with E-state index in [1.165, 1.54) is 0 Å². The minimum absolute atomic E-state index is 0.145. The van der Waals surface area contributed by atoms with Gasteiger partial charge in [-0.25, -0.2) is 4.98 Å². The maximum atomic E-state index is 11.5. The second-order valence-corrected chi connectivity index (χ2v) is 4.84. The number of hydrogen-bond donors (Lipinski definition) is 1. The predicted molar refractivity (Wildman–Crippen MR) is 70.7 cm³/mol. The number of carbonyl (C=O) groups excluding carboxylic acids is 2. The van der Waals surface area contributed by atoms with Crippen molar-refractivity contribution in [2.24, 2.45) is 0 Å². The fourth-order valence-corrected chi connectivity index (χ4v) is 2.19. The van der Waals surface area contributed by atoms with Crippen molar-refractivity contribution in [1.29, 1.82) is 0 Å². The Morgan fingerprint density at radius 2 is 2.39 bits per heavy atom. The molecule has 0 radical (unpaired) electrons. The van der Waals surface area contributed by atoms with Crippen molar-refractivity contribution >= 4 is 40.3 Å². The number of aldehydes is 1. The molecule has 0 aliphatic carbocycles. The van der Waals surface area contributed by atoms with Crippen LogP contribution >= 0.6 is 22.9 Å². The van der Waals surface area contributed by atoms with Crippen LogP contribution in [0, 0.1) is 0 Å². The van der Waals surface area contributed by atoms with Crippen LogP contribution in [-0.2, 0) is 9.53 Å². The molecule has 8 heteroatoms. The number of hydrogen-bond acceptors (Lipinski definition) is 6. The summed E-state index contributed by atoms with van der Waals surface area (Å²) in [5.74, 6) is -0.145. The van der Waals surface area contributed by atoms with Crippen LogP contribution in [0.5, 0.6) is 0 Å². The van der Waals surface area contributed by atoms with Crippen molar-refractivity contribution < 1.29 is 14.3 Å². The van der Waals surface area contributed by atoms with E-state index in [9.17, 15) is 9.59 Å². The summed E-state index contributed by atoms with van der Waals surface area (Å²) in [6.07, 6.45) is 0.649. The molecule has 0 aromatic carbocycles. The molecule has 0 saturated carbocycles.